The Labute approximate surface area is 136 Å². The zero-order valence-electron chi connectivity index (χ0n) is 13.9. The SMILES string of the molecule is CO[C@@H]1O[C@]2(C[C@@H](OCc3ccccc3)C2)[C@H]2OC(C)(C)O[C@@H]12. The molecule has 5 heteroatoms. The molecule has 1 saturated carbocycles. The number of rotatable bonds is 4. The molecule has 126 valence electrons. The number of benzene rings is 1. The van der Waals surface area contributed by atoms with Gasteiger partial charge >= 0.3 is 0 Å². The largest absolute Gasteiger partial charge is 0.373 e. The van der Waals surface area contributed by atoms with Crippen molar-refractivity contribution >= 4 is 0 Å². The first-order valence-corrected chi connectivity index (χ1v) is 8.23. The molecule has 2 aliphatic heterocycles. The predicted octanol–water partition coefficient (Wildman–Crippen LogP) is 2.63. The summed E-state index contributed by atoms with van der Waals surface area (Å²) in [4.78, 5) is 0. The molecular formula is C18H24O5. The summed E-state index contributed by atoms with van der Waals surface area (Å²) in [7, 11) is 1.65. The summed E-state index contributed by atoms with van der Waals surface area (Å²) in [6.07, 6.45) is 1.22. The lowest BCUT2D eigenvalue weighted by Gasteiger charge is -2.46. The van der Waals surface area contributed by atoms with E-state index in [4.69, 9.17) is 23.7 Å². The molecule has 0 N–H and O–H groups in total. The summed E-state index contributed by atoms with van der Waals surface area (Å²) in [6.45, 7) is 4.51. The topological polar surface area (TPSA) is 46.2 Å². The van der Waals surface area contributed by atoms with E-state index in [0.29, 0.717) is 6.61 Å². The summed E-state index contributed by atoms with van der Waals surface area (Å²) in [5.41, 5.74) is 0.857. The van der Waals surface area contributed by atoms with Gasteiger partial charge in [0.05, 0.1) is 12.7 Å². The number of hydrogen-bond acceptors (Lipinski definition) is 5. The van der Waals surface area contributed by atoms with Crippen molar-refractivity contribution in [3.8, 4) is 0 Å². The van der Waals surface area contributed by atoms with Crippen molar-refractivity contribution in [1.29, 1.82) is 0 Å². The first-order chi connectivity index (χ1) is 11.0. The van der Waals surface area contributed by atoms with Crippen LogP contribution in [0.1, 0.15) is 32.3 Å². The molecule has 3 aliphatic rings. The van der Waals surface area contributed by atoms with Crippen LogP contribution >= 0.6 is 0 Å². The molecule has 23 heavy (non-hydrogen) atoms. The van der Waals surface area contributed by atoms with Crippen molar-refractivity contribution < 1.29 is 23.7 Å². The minimum Gasteiger partial charge on any atom is -0.373 e. The molecule has 1 aromatic rings. The zero-order valence-corrected chi connectivity index (χ0v) is 13.9. The predicted molar refractivity (Wildman–Crippen MR) is 82.7 cm³/mol. The molecular weight excluding hydrogens is 296 g/mol. The van der Waals surface area contributed by atoms with Crippen LogP contribution in [0.25, 0.3) is 0 Å². The second kappa shape index (κ2) is 5.53. The molecule has 0 radical (unpaired) electrons. The van der Waals surface area contributed by atoms with Crippen LogP contribution < -0.4 is 0 Å². The van der Waals surface area contributed by atoms with E-state index < -0.39 is 5.79 Å². The van der Waals surface area contributed by atoms with Crippen molar-refractivity contribution in [2.45, 2.75) is 69.3 Å². The fourth-order valence-corrected chi connectivity index (χ4v) is 3.89. The van der Waals surface area contributed by atoms with Crippen LogP contribution in [0.5, 0.6) is 0 Å². The molecule has 1 spiro atoms. The third-order valence-electron chi connectivity index (χ3n) is 4.97. The van der Waals surface area contributed by atoms with E-state index in [1.807, 2.05) is 32.0 Å². The maximum atomic E-state index is 6.12. The normalized spacial score (nSPS) is 41.0. The summed E-state index contributed by atoms with van der Waals surface area (Å²) in [5, 5.41) is 0. The zero-order chi connectivity index (χ0) is 16.1. The molecule has 0 amide bonds. The summed E-state index contributed by atoms with van der Waals surface area (Å²) >= 11 is 0. The highest BCUT2D eigenvalue weighted by molar-refractivity contribution is 5.15. The average molecular weight is 320 g/mol. The molecule has 1 aliphatic carbocycles. The van der Waals surface area contributed by atoms with Crippen molar-refractivity contribution in [3.05, 3.63) is 35.9 Å². The van der Waals surface area contributed by atoms with Gasteiger partial charge in [0.1, 0.15) is 17.8 Å². The van der Waals surface area contributed by atoms with Gasteiger partial charge in [0.15, 0.2) is 12.1 Å². The van der Waals surface area contributed by atoms with Gasteiger partial charge in [-0.2, -0.15) is 0 Å². The number of hydrogen-bond donors (Lipinski definition) is 0. The van der Waals surface area contributed by atoms with Gasteiger partial charge in [-0.1, -0.05) is 30.3 Å². The average Bonchev–Trinajstić information content (AvgIpc) is 2.96. The lowest BCUT2D eigenvalue weighted by atomic mass is 9.73. The van der Waals surface area contributed by atoms with Gasteiger partial charge in [-0.15, -0.1) is 0 Å². The monoisotopic (exact) mass is 320 g/mol. The molecule has 0 unspecified atom stereocenters. The smallest absolute Gasteiger partial charge is 0.186 e. The minimum atomic E-state index is -0.584. The first kappa shape index (κ1) is 15.5. The van der Waals surface area contributed by atoms with Gasteiger partial charge in [0.2, 0.25) is 0 Å². The maximum absolute atomic E-state index is 6.12. The van der Waals surface area contributed by atoms with Crippen LogP contribution in [0, 0.1) is 0 Å². The summed E-state index contributed by atoms with van der Waals surface area (Å²) < 4.78 is 29.6. The Morgan fingerprint density at radius 3 is 2.52 bits per heavy atom. The molecule has 3 atom stereocenters. The van der Waals surface area contributed by atoms with E-state index in [9.17, 15) is 0 Å². The maximum Gasteiger partial charge on any atom is 0.186 e. The van der Waals surface area contributed by atoms with E-state index in [1.54, 1.807) is 7.11 Å². The first-order valence-electron chi connectivity index (χ1n) is 8.23. The van der Waals surface area contributed by atoms with E-state index in [0.717, 1.165) is 12.8 Å². The highest BCUT2D eigenvalue weighted by Crippen LogP contribution is 2.53. The van der Waals surface area contributed by atoms with Crippen LogP contribution in [-0.4, -0.2) is 43.1 Å². The fraction of sp³-hybridized carbons (Fsp3) is 0.667. The standard InChI is InChI=1S/C18H24O5/c1-17(2)21-14-15(22-17)18(23-16(14)19-3)9-13(10-18)20-11-12-7-5-4-6-8-12/h4-8,13-16H,9-11H2,1-3H3/t13-,14-,15+,16-,18+/m1/s1. The molecule has 0 bridgehead atoms. The lowest BCUT2D eigenvalue weighted by molar-refractivity contribution is -0.282. The molecule has 0 aromatic heterocycles. The molecule has 3 fully saturated rings. The van der Waals surface area contributed by atoms with Gasteiger partial charge < -0.3 is 23.7 Å². The van der Waals surface area contributed by atoms with Crippen LogP contribution in [0.4, 0.5) is 0 Å². The van der Waals surface area contributed by atoms with Crippen LogP contribution in [0.15, 0.2) is 30.3 Å². The highest BCUT2D eigenvalue weighted by atomic mass is 16.8. The second-order valence-electron chi connectivity index (χ2n) is 7.13. The Bertz CT molecular complexity index is 552. The van der Waals surface area contributed by atoms with Crippen molar-refractivity contribution in [3.63, 3.8) is 0 Å². The van der Waals surface area contributed by atoms with Crippen molar-refractivity contribution in [1.82, 2.24) is 0 Å². The minimum absolute atomic E-state index is 0.0842. The fourth-order valence-electron chi connectivity index (χ4n) is 3.89. The molecule has 2 heterocycles. The van der Waals surface area contributed by atoms with Gasteiger partial charge in [-0.05, 0) is 19.4 Å². The number of ether oxygens (including phenoxy) is 5. The lowest BCUT2D eigenvalue weighted by Crippen LogP contribution is -2.56. The van der Waals surface area contributed by atoms with Gasteiger partial charge in [-0.25, -0.2) is 0 Å². The Morgan fingerprint density at radius 1 is 1.09 bits per heavy atom. The van der Waals surface area contributed by atoms with E-state index in [1.165, 1.54) is 5.56 Å². The van der Waals surface area contributed by atoms with Crippen LogP contribution in [-0.2, 0) is 30.3 Å². The van der Waals surface area contributed by atoms with Crippen LogP contribution in [0.3, 0.4) is 0 Å². The van der Waals surface area contributed by atoms with Gasteiger partial charge in [-0.3, -0.25) is 0 Å². The van der Waals surface area contributed by atoms with Crippen molar-refractivity contribution in [2.75, 3.05) is 7.11 Å². The molecule has 5 nitrogen and oxygen atoms in total. The Hall–Kier alpha value is -0.980. The Balaban J connectivity index is 1.38. The Kier molecular flexibility index (Phi) is 3.74. The number of methoxy groups -OCH3 is 1. The second-order valence-corrected chi connectivity index (χ2v) is 7.13. The van der Waals surface area contributed by atoms with Gasteiger partial charge in [0, 0.05) is 20.0 Å². The number of fused-ring (bicyclic) bond motifs is 2. The van der Waals surface area contributed by atoms with Gasteiger partial charge in [0.25, 0.3) is 0 Å². The highest BCUT2D eigenvalue weighted by Gasteiger charge is 2.67. The van der Waals surface area contributed by atoms with Crippen molar-refractivity contribution in [2.24, 2.45) is 0 Å². The summed E-state index contributed by atoms with van der Waals surface area (Å²) in [5.74, 6) is -0.584. The summed E-state index contributed by atoms with van der Waals surface area (Å²) in [6, 6.07) is 10.2. The van der Waals surface area contributed by atoms with Crippen LogP contribution in [0.2, 0.25) is 0 Å². The third-order valence-corrected chi connectivity index (χ3v) is 4.97. The van der Waals surface area contributed by atoms with E-state index in [2.05, 4.69) is 12.1 Å². The van der Waals surface area contributed by atoms with E-state index >= 15 is 0 Å². The van der Waals surface area contributed by atoms with E-state index in [-0.39, 0.29) is 30.2 Å². The molecule has 1 aromatic carbocycles. The molecule has 4 rings (SSSR count). The molecule has 2 saturated heterocycles. The third kappa shape index (κ3) is 2.71. The Morgan fingerprint density at radius 2 is 1.83 bits per heavy atom. The quantitative estimate of drug-likeness (QED) is 0.853.